The lowest BCUT2D eigenvalue weighted by Crippen LogP contribution is -2.37. The van der Waals surface area contributed by atoms with Gasteiger partial charge in [-0.25, -0.2) is 9.18 Å². The van der Waals surface area contributed by atoms with E-state index in [9.17, 15) is 31.9 Å². The number of amidine groups is 1. The minimum absolute atomic E-state index is 0.0611. The van der Waals surface area contributed by atoms with Gasteiger partial charge in [0.05, 0.1) is 12.5 Å². The van der Waals surface area contributed by atoms with Gasteiger partial charge in [0.25, 0.3) is 5.56 Å². The second-order valence-corrected chi connectivity index (χ2v) is 8.76. The Morgan fingerprint density at radius 2 is 2.00 bits per heavy atom. The van der Waals surface area contributed by atoms with Gasteiger partial charge in [-0.1, -0.05) is 17.8 Å². The highest BCUT2D eigenvalue weighted by atomic mass is 32.2. The Morgan fingerprint density at radius 3 is 2.66 bits per heavy atom. The highest BCUT2D eigenvalue weighted by molar-refractivity contribution is 8.14. The van der Waals surface area contributed by atoms with E-state index in [1.807, 2.05) is 0 Å². The number of furan rings is 1. The summed E-state index contributed by atoms with van der Waals surface area (Å²) < 4.78 is 62.3. The maximum Gasteiger partial charge on any atom is 0.573 e. The Morgan fingerprint density at radius 1 is 1.29 bits per heavy atom. The third-order valence-corrected chi connectivity index (χ3v) is 6.35. The fourth-order valence-electron chi connectivity index (χ4n) is 3.67. The predicted octanol–water partition coefficient (Wildman–Crippen LogP) is 2.68. The Hall–Kier alpha value is -3.55. The van der Waals surface area contributed by atoms with Crippen LogP contribution in [0.25, 0.3) is 11.1 Å². The average molecular weight is 514 g/mol. The number of rotatable bonds is 4. The molecule has 1 unspecified atom stereocenters. The molecular formula is C21H18F4N4O5S. The van der Waals surface area contributed by atoms with Crippen LogP contribution in [0.15, 0.2) is 37.2 Å². The van der Waals surface area contributed by atoms with Crippen LogP contribution in [0.4, 0.5) is 17.6 Å². The molecule has 1 aliphatic rings. The number of aryl methyl sites for hydroxylation is 2. The van der Waals surface area contributed by atoms with Crippen LogP contribution in [0.1, 0.15) is 22.9 Å². The van der Waals surface area contributed by atoms with E-state index in [-0.39, 0.29) is 22.7 Å². The van der Waals surface area contributed by atoms with Crippen LogP contribution in [-0.4, -0.2) is 32.3 Å². The highest BCUT2D eigenvalue weighted by Crippen LogP contribution is 2.33. The van der Waals surface area contributed by atoms with Gasteiger partial charge in [0.1, 0.15) is 11.1 Å². The van der Waals surface area contributed by atoms with Crippen LogP contribution < -0.4 is 21.3 Å². The summed E-state index contributed by atoms with van der Waals surface area (Å²) in [5.74, 6) is -2.00. The summed E-state index contributed by atoms with van der Waals surface area (Å²) in [7, 11) is 2.77. The first-order chi connectivity index (χ1) is 16.4. The summed E-state index contributed by atoms with van der Waals surface area (Å²) >= 11 is 1.17. The summed E-state index contributed by atoms with van der Waals surface area (Å²) in [6.45, 7) is 1.57. The van der Waals surface area contributed by atoms with Crippen LogP contribution in [0.3, 0.4) is 0 Å². The molecule has 3 aromatic rings. The topological polar surface area (TPSA) is 108 Å². The number of ether oxygens (including phenoxy) is 1. The number of carbonyl (C=O) groups is 1. The zero-order chi connectivity index (χ0) is 25.7. The quantitative estimate of drug-likeness (QED) is 0.537. The molecule has 14 heteroatoms. The fourth-order valence-corrected chi connectivity index (χ4v) is 4.64. The second-order valence-electron chi connectivity index (χ2n) is 7.75. The number of nitrogens with zero attached hydrogens (tertiary/aromatic N) is 3. The molecule has 0 saturated heterocycles. The number of hydrogen-bond acceptors (Lipinski definition) is 7. The number of fused-ring (bicyclic) bond motifs is 1. The summed E-state index contributed by atoms with van der Waals surface area (Å²) in [6.07, 6.45) is -5.24. The third kappa shape index (κ3) is 4.83. The lowest BCUT2D eigenvalue weighted by molar-refractivity contribution is -0.275. The molecule has 1 N–H and O–H groups in total. The molecule has 1 aliphatic heterocycles. The smallest absolute Gasteiger partial charge is 0.444 e. The van der Waals surface area contributed by atoms with Gasteiger partial charge in [-0.2, -0.15) is 0 Å². The van der Waals surface area contributed by atoms with Crippen molar-refractivity contribution in [2.45, 2.75) is 25.7 Å². The molecule has 0 radical (unpaired) electrons. The number of hydrogen-bond donors (Lipinski definition) is 1. The lowest BCUT2D eigenvalue weighted by Gasteiger charge is -2.12. The maximum atomic E-state index is 14.0. The largest absolute Gasteiger partial charge is 0.573 e. The summed E-state index contributed by atoms with van der Waals surface area (Å²) in [5, 5.41) is 2.97. The Balaban J connectivity index is 1.51. The Labute approximate surface area is 198 Å². The van der Waals surface area contributed by atoms with Crippen molar-refractivity contribution in [3.05, 3.63) is 61.7 Å². The van der Waals surface area contributed by atoms with Crippen molar-refractivity contribution < 1.29 is 31.5 Å². The first kappa shape index (κ1) is 24.6. The number of carbonyl (C=O) groups excluding carboxylic acids is 1. The molecular weight excluding hydrogens is 496 g/mol. The molecule has 4 rings (SSSR count). The molecule has 3 heterocycles. The summed E-state index contributed by atoms with van der Waals surface area (Å²) in [4.78, 5) is 41.7. The summed E-state index contributed by atoms with van der Waals surface area (Å²) in [5.41, 5.74) is -0.447. The van der Waals surface area contributed by atoms with Crippen molar-refractivity contribution in [2.75, 3.05) is 5.75 Å². The van der Waals surface area contributed by atoms with E-state index < -0.39 is 41.1 Å². The molecule has 35 heavy (non-hydrogen) atoms. The van der Waals surface area contributed by atoms with Gasteiger partial charge in [-0.3, -0.25) is 23.7 Å². The van der Waals surface area contributed by atoms with Gasteiger partial charge in [-0.15, -0.1) is 13.2 Å². The molecule has 186 valence electrons. The number of amides is 1. The predicted molar refractivity (Wildman–Crippen MR) is 119 cm³/mol. The van der Waals surface area contributed by atoms with E-state index in [4.69, 9.17) is 4.42 Å². The SMILES string of the molecule is Cc1oc2c(c1CC(=O)NC1=NC(c3ccc(OC(F)(F)F)c(F)c3)CS1)c(=O)n(C)c(=O)n2C. The third-order valence-electron chi connectivity index (χ3n) is 5.39. The molecule has 1 aromatic carbocycles. The van der Waals surface area contributed by atoms with E-state index in [2.05, 4.69) is 15.0 Å². The normalized spacial score (nSPS) is 16.0. The molecule has 0 bridgehead atoms. The van der Waals surface area contributed by atoms with Crippen molar-refractivity contribution in [1.82, 2.24) is 14.5 Å². The number of alkyl halides is 3. The van der Waals surface area contributed by atoms with Crippen LogP contribution in [0.5, 0.6) is 5.75 Å². The first-order valence-corrected chi connectivity index (χ1v) is 11.1. The lowest BCUT2D eigenvalue weighted by atomic mass is 10.1. The highest BCUT2D eigenvalue weighted by Gasteiger charge is 2.33. The van der Waals surface area contributed by atoms with Gasteiger partial charge in [0.2, 0.25) is 11.6 Å². The first-order valence-electron chi connectivity index (χ1n) is 10.1. The van der Waals surface area contributed by atoms with Gasteiger partial charge >= 0.3 is 12.1 Å². The van der Waals surface area contributed by atoms with Gasteiger partial charge in [0, 0.05) is 25.4 Å². The van der Waals surface area contributed by atoms with Crippen molar-refractivity contribution in [3.8, 4) is 5.75 Å². The van der Waals surface area contributed by atoms with Crippen LogP contribution >= 0.6 is 11.8 Å². The van der Waals surface area contributed by atoms with E-state index in [0.29, 0.717) is 22.6 Å². The van der Waals surface area contributed by atoms with E-state index in [1.165, 1.54) is 36.5 Å². The molecule has 9 nitrogen and oxygen atoms in total. The number of aromatic nitrogens is 2. The Bertz CT molecular complexity index is 1490. The molecule has 0 fully saturated rings. The van der Waals surface area contributed by atoms with Crippen molar-refractivity contribution in [3.63, 3.8) is 0 Å². The second kappa shape index (κ2) is 8.91. The van der Waals surface area contributed by atoms with Crippen molar-refractivity contribution in [2.24, 2.45) is 19.1 Å². The zero-order valence-corrected chi connectivity index (χ0v) is 19.3. The van der Waals surface area contributed by atoms with Crippen molar-refractivity contribution in [1.29, 1.82) is 0 Å². The molecule has 0 aliphatic carbocycles. The molecule has 0 saturated carbocycles. The maximum absolute atomic E-state index is 14.0. The van der Waals surface area contributed by atoms with E-state index in [1.54, 1.807) is 6.92 Å². The molecule has 0 spiro atoms. The Kier molecular flexibility index (Phi) is 6.25. The number of nitrogens with one attached hydrogen (secondary N) is 1. The van der Waals surface area contributed by atoms with Crippen molar-refractivity contribution >= 4 is 33.9 Å². The number of halogens is 4. The van der Waals surface area contributed by atoms with Gasteiger partial charge in [-0.05, 0) is 24.6 Å². The van der Waals surface area contributed by atoms with Crippen LogP contribution in [0, 0.1) is 12.7 Å². The minimum Gasteiger partial charge on any atom is -0.444 e. The monoisotopic (exact) mass is 514 g/mol. The standard InChI is InChI=1S/C21H18F4N4O5S/c1-9-11(16-17(31)28(2)20(32)29(3)18(16)33-9)7-15(30)27-19-26-13(8-35-19)10-4-5-14(12(22)6-10)34-21(23,24)25/h4-6,13H,7-8H2,1-3H3,(H,26,27,30). The number of thioether (sulfide) groups is 1. The van der Waals surface area contributed by atoms with Gasteiger partial charge < -0.3 is 14.5 Å². The van der Waals surface area contributed by atoms with Crippen LogP contribution in [0.2, 0.25) is 0 Å². The van der Waals surface area contributed by atoms with Gasteiger partial charge in [0.15, 0.2) is 16.7 Å². The minimum atomic E-state index is -5.02. The van der Waals surface area contributed by atoms with E-state index in [0.717, 1.165) is 16.7 Å². The molecule has 2 aromatic heterocycles. The molecule has 1 amide bonds. The molecule has 1 atom stereocenters. The summed E-state index contributed by atoms with van der Waals surface area (Å²) in [6, 6.07) is 2.45. The fraction of sp³-hybridized carbons (Fsp3) is 0.333. The zero-order valence-electron chi connectivity index (χ0n) is 18.5. The van der Waals surface area contributed by atoms with E-state index >= 15 is 0 Å². The average Bonchev–Trinajstić information content (AvgIpc) is 3.36. The number of benzene rings is 1. The van der Waals surface area contributed by atoms with Crippen LogP contribution in [-0.2, 0) is 25.3 Å². The number of aliphatic imine (C=N–C) groups is 1.